The molecule has 3 nitrogen and oxygen atoms in total. The number of benzene rings is 1. The van der Waals surface area contributed by atoms with E-state index in [0.29, 0.717) is 6.54 Å². The Morgan fingerprint density at radius 1 is 1.24 bits per heavy atom. The molecule has 0 aliphatic heterocycles. The van der Waals surface area contributed by atoms with Crippen molar-refractivity contribution >= 4 is 11.3 Å². The highest BCUT2D eigenvalue weighted by Crippen LogP contribution is 2.17. The van der Waals surface area contributed by atoms with Crippen molar-refractivity contribution in [2.75, 3.05) is 6.54 Å². The molecule has 1 aromatic heterocycles. The Morgan fingerprint density at radius 3 is 2.82 bits per heavy atom. The zero-order valence-electron chi connectivity index (χ0n) is 9.34. The summed E-state index contributed by atoms with van der Waals surface area (Å²) in [6.45, 7) is 1.23. The lowest BCUT2D eigenvalue weighted by atomic mass is 10.1. The average molecular weight is 249 g/mol. The summed E-state index contributed by atoms with van der Waals surface area (Å²) in [4.78, 5) is 1.24. The Hall–Kier alpha value is -1.36. The maximum atomic E-state index is 9.90. The van der Waals surface area contributed by atoms with E-state index < -0.39 is 6.10 Å². The van der Waals surface area contributed by atoms with Crippen LogP contribution in [0.25, 0.3) is 0 Å². The molecule has 0 aliphatic rings. The molecular weight excluding hydrogens is 234 g/mol. The lowest BCUT2D eigenvalue weighted by Crippen LogP contribution is -2.20. The molecule has 0 spiro atoms. The molecule has 0 bridgehead atoms. The van der Waals surface area contributed by atoms with Crippen LogP contribution in [0.15, 0.2) is 41.8 Å². The molecule has 2 aromatic rings. The Morgan fingerprint density at radius 2 is 2.12 bits per heavy atom. The normalized spacial score (nSPS) is 12.5. The zero-order valence-corrected chi connectivity index (χ0v) is 10.2. The fourth-order valence-electron chi connectivity index (χ4n) is 1.60. The van der Waals surface area contributed by atoms with Crippen LogP contribution in [0.4, 0.5) is 0 Å². The van der Waals surface area contributed by atoms with E-state index in [-0.39, 0.29) is 5.75 Å². The topological polar surface area (TPSA) is 52.5 Å². The minimum absolute atomic E-state index is 0.180. The van der Waals surface area contributed by atoms with Crippen LogP contribution in [0.5, 0.6) is 5.75 Å². The third kappa shape index (κ3) is 3.56. The van der Waals surface area contributed by atoms with Crippen LogP contribution in [0.2, 0.25) is 0 Å². The molecule has 90 valence electrons. The zero-order chi connectivity index (χ0) is 12.1. The van der Waals surface area contributed by atoms with E-state index in [1.165, 1.54) is 4.88 Å². The number of aromatic hydroxyl groups is 1. The van der Waals surface area contributed by atoms with Gasteiger partial charge < -0.3 is 15.5 Å². The Labute approximate surface area is 104 Å². The highest BCUT2D eigenvalue weighted by Gasteiger charge is 2.07. The van der Waals surface area contributed by atoms with Crippen LogP contribution in [0.3, 0.4) is 0 Å². The van der Waals surface area contributed by atoms with Gasteiger partial charge in [0.1, 0.15) is 5.75 Å². The second-order valence-corrected chi connectivity index (χ2v) is 4.85. The van der Waals surface area contributed by atoms with Gasteiger partial charge in [-0.15, -0.1) is 11.3 Å². The van der Waals surface area contributed by atoms with Crippen molar-refractivity contribution < 1.29 is 10.2 Å². The molecule has 1 atom stereocenters. The van der Waals surface area contributed by atoms with E-state index in [9.17, 15) is 10.2 Å². The van der Waals surface area contributed by atoms with E-state index in [1.54, 1.807) is 35.6 Å². The van der Waals surface area contributed by atoms with E-state index in [1.807, 2.05) is 11.4 Å². The number of phenols is 1. The van der Waals surface area contributed by atoms with Crippen LogP contribution in [-0.2, 0) is 6.54 Å². The molecule has 0 fully saturated rings. The maximum Gasteiger partial charge on any atom is 0.115 e. The maximum absolute atomic E-state index is 9.90. The Balaban J connectivity index is 1.83. The summed E-state index contributed by atoms with van der Waals surface area (Å²) in [6, 6.07) is 10.8. The number of rotatable bonds is 5. The third-order valence-corrected chi connectivity index (χ3v) is 3.35. The molecule has 4 heteroatoms. The molecular formula is C13H15NO2S. The van der Waals surface area contributed by atoms with E-state index in [4.69, 9.17) is 0 Å². The molecule has 0 saturated carbocycles. The second kappa shape index (κ2) is 5.82. The van der Waals surface area contributed by atoms with Crippen molar-refractivity contribution in [2.45, 2.75) is 12.6 Å². The van der Waals surface area contributed by atoms with Crippen molar-refractivity contribution in [1.29, 1.82) is 0 Å². The van der Waals surface area contributed by atoms with E-state index in [0.717, 1.165) is 12.1 Å². The predicted octanol–water partition coefficient (Wildman–Crippen LogP) is 2.28. The van der Waals surface area contributed by atoms with Crippen LogP contribution in [0, 0.1) is 0 Å². The van der Waals surface area contributed by atoms with Crippen LogP contribution in [0.1, 0.15) is 16.5 Å². The van der Waals surface area contributed by atoms with Gasteiger partial charge in [0.25, 0.3) is 0 Å². The van der Waals surface area contributed by atoms with Crippen molar-refractivity contribution in [3.63, 3.8) is 0 Å². The van der Waals surface area contributed by atoms with Gasteiger partial charge in [0.15, 0.2) is 0 Å². The summed E-state index contributed by atoms with van der Waals surface area (Å²) in [5, 5.41) is 24.4. The van der Waals surface area contributed by atoms with Gasteiger partial charge >= 0.3 is 0 Å². The van der Waals surface area contributed by atoms with Crippen LogP contribution in [-0.4, -0.2) is 16.8 Å². The smallest absolute Gasteiger partial charge is 0.115 e. The molecule has 0 saturated heterocycles. The molecule has 0 amide bonds. The molecule has 1 aromatic carbocycles. The highest BCUT2D eigenvalue weighted by atomic mass is 32.1. The molecule has 2 rings (SSSR count). The molecule has 0 aliphatic carbocycles. The van der Waals surface area contributed by atoms with Gasteiger partial charge in [-0.2, -0.15) is 0 Å². The summed E-state index contributed by atoms with van der Waals surface area (Å²) in [5.41, 5.74) is 0.726. The summed E-state index contributed by atoms with van der Waals surface area (Å²) in [5.74, 6) is 0.180. The van der Waals surface area contributed by atoms with Crippen molar-refractivity contribution in [2.24, 2.45) is 0 Å². The highest BCUT2D eigenvalue weighted by molar-refractivity contribution is 7.09. The van der Waals surface area contributed by atoms with Gasteiger partial charge in [-0.25, -0.2) is 0 Å². The van der Waals surface area contributed by atoms with Crippen LogP contribution < -0.4 is 5.32 Å². The van der Waals surface area contributed by atoms with Crippen molar-refractivity contribution in [1.82, 2.24) is 5.32 Å². The fourth-order valence-corrected chi connectivity index (χ4v) is 2.27. The summed E-state index contributed by atoms with van der Waals surface area (Å²) in [7, 11) is 0. The summed E-state index contributed by atoms with van der Waals surface area (Å²) >= 11 is 1.69. The largest absolute Gasteiger partial charge is 0.508 e. The molecule has 0 unspecified atom stereocenters. The van der Waals surface area contributed by atoms with Gasteiger partial charge in [0.05, 0.1) is 6.10 Å². The van der Waals surface area contributed by atoms with Gasteiger partial charge in [0, 0.05) is 18.0 Å². The van der Waals surface area contributed by atoms with Crippen LogP contribution >= 0.6 is 11.3 Å². The summed E-state index contributed by atoms with van der Waals surface area (Å²) in [6.07, 6.45) is -0.595. The molecule has 3 N–H and O–H groups in total. The minimum atomic E-state index is -0.595. The summed E-state index contributed by atoms with van der Waals surface area (Å²) < 4.78 is 0. The monoisotopic (exact) mass is 249 g/mol. The van der Waals surface area contributed by atoms with Gasteiger partial charge in [0.2, 0.25) is 0 Å². The SMILES string of the molecule is Oc1cccc([C@@H](O)CNCc2cccs2)c1. The lowest BCUT2D eigenvalue weighted by molar-refractivity contribution is 0.174. The van der Waals surface area contributed by atoms with Gasteiger partial charge in [-0.05, 0) is 29.1 Å². The number of hydrogen-bond acceptors (Lipinski definition) is 4. The first kappa shape index (κ1) is 12.1. The predicted molar refractivity (Wildman–Crippen MR) is 69.1 cm³/mol. The van der Waals surface area contributed by atoms with Crippen molar-refractivity contribution in [3.05, 3.63) is 52.2 Å². The average Bonchev–Trinajstić information content (AvgIpc) is 2.82. The molecule has 17 heavy (non-hydrogen) atoms. The number of thiophene rings is 1. The van der Waals surface area contributed by atoms with E-state index >= 15 is 0 Å². The fraction of sp³-hybridized carbons (Fsp3) is 0.231. The first-order valence-electron chi connectivity index (χ1n) is 5.46. The quantitative estimate of drug-likeness (QED) is 0.762. The second-order valence-electron chi connectivity index (χ2n) is 3.82. The standard InChI is InChI=1S/C13H15NO2S/c15-11-4-1-3-10(7-11)13(16)9-14-8-12-5-2-6-17-12/h1-7,13-16H,8-9H2/t13-/m0/s1. The Bertz CT molecular complexity index is 456. The number of aliphatic hydroxyl groups is 1. The lowest BCUT2D eigenvalue weighted by Gasteiger charge is -2.11. The van der Waals surface area contributed by atoms with Gasteiger partial charge in [-0.3, -0.25) is 0 Å². The van der Waals surface area contributed by atoms with Gasteiger partial charge in [-0.1, -0.05) is 18.2 Å². The number of hydrogen-bond donors (Lipinski definition) is 3. The molecule has 1 heterocycles. The Kier molecular flexibility index (Phi) is 4.14. The minimum Gasteiger partial charge on any atom is -0.508 e. The first-order valence-corrected chi connectivity index (χ1v) is 6.34. The number of nitrogens with one attached hydrogen (secondary N) is 1. The first-order chi connectivity index (χ1) is 8.25. The third-order valence-electron chi connectivity index (χ3n) is 2.47. The molecule has 0 radical (unpaired) electrons. The number of aliphatic hydroxyl groups excluding tert-OH is 1. The van der Waals surface area contributed by atoms with E-state index in [2.05, 4.69) is 11.4 Å². The van der Waals surface area contributed by atoms with Crippen molar-refractivity contribution in [3.8, 4) is 5.75 Å². The number of phenolic OH excluding ortho intramolecular Hbond substituents is 1.